The summed E-state index contributed by atoms with van der Waals surface area (Å²) in [6, 6.07) is 8.08. The number of fused-ring (bicyclic) bond motifs is 3. The number of ketones is 2. The van der Waals surface area contributed by atoms with E-state index in [0.29, 0.717) is 56.9 Å². The van der Waals surface area contributed by atoms with Crippen molar-refractivity contribution in [3.63, 3.8) is 0 Å². The number of allylic oxidation sites excluding steroid dienone is 3. The first-order chi connectivity index (χ1) is 32.3. The van der Waals surface area contributed by atoms with Gasteiger partial charge in [0.1, 0.15) is 24.0 Å². The smallest absolute Gasteiger partial charge is 0.456 e. The molecule has 2 saturated heterocycles. The Hall–Kier alpha value is -3.15. The summed E-state index contributed by atoms with van der Waals surface area (Å²) in [5.41, 5.74) is 2.38. The largest absolute Gasteiger partial charge is 0.475 e. The van der Waals surface area contributed by atoms with Gasteiger partial charge in [0, 0.05) is 59.2 Å². The van der Waals surface area contributed by atoms with Crippen LogP contribution < -0.4 is 0 Å². The maximum Gasteiger partial charge on any atom is 0.475 e. The van der Waals surface area contributed by atoms with Crippen LogP contribution in [-0.2, 0) is 67.6 Å². The molecular weight excluding hydrogens is 898 g/mol. The van der Waals surface area contributed by atoms with E-state index in [9.17, 15) is 34.0 Å². The molecule has 0 spiro atoms. The third-order valence-electron chi connectivity index (χ3n) is 14.6. The van der Waals surface area contributed by atoms with Gasteiger partial charge in [-0.2, -0.15) is 0 Å². The van der Waals surface area contributed by atoms with E-state index in [2.05, 4.69) is 0 Å². The molecule has 1 aliphatic carbocycles. The van der Waals surface area contributed by atoms with Crippen molar-refractivity contribution >= 4 is 31.3 Å². The number of esters is 1. The number of carbonyl (C=O) groups excluding carboxylic acids is 4. The molecule has 0 radical (unpaired) electrons. The predicted octanol–water partition coefficient (Wildman–Crippen LogP) is 7.47. The molecule has 1 saturated carbocycles. The van der Waals surface area contributed by atoms with Crippen LogP contribution in [0.2, 0.25) is 0 Å². The minimum absolute atomic E-state index is 0.00923. The number of Topliss-reactive ketones (excluding diaryl/α,β-unsaturated/α-hetero) is 2. The van der Waals surface area contributed by atoms with E-state index >= 15 is 0 Å². The highest BCUT2D eigenvalue weighted by molar-refractivity contribution is 7.48. The van der Waals surface area contributed by atoms with Crippen molar-refractivity contribution in [2.24, 2.45) is 29.6 Å². The number of amides is 1. The van der Waals surface area contributed by atoms with Crippen molar-refractivity contribution < 1.29 is 71.2 Å². The van der Waals surface area contributed by atoms with Crippen molar-refractivity contribution in [1.82, 2.24) is 4.90 Å². The summed E-state index contributed by atoms with van der Waals surface area (Å²) >= 11 is 0. The van der Waals surface area contributed by atoms with Gasteiger partial charge in [-0.1, -0.05) is 75.8 Å². The average Bonchev–Trinajstić information content (AvgIpc) is 3.33. The molecule has 4 aliphatic rings. The third kappa shape index (κ3) is 13.8. The van der Waals surface area contributed by atoms with Gasteiger partial charge in [0.15, 0.2) is 0 Å². The van der Waals surface area contributed by atoms with Gasteiger partial charge < -0.3 is 38.8 Å². The van der Waals surface area contributed by atoms with Crippen LogP contribution in [0.25, 0.3) is 0 Å². The Morgan fingerprint density at radius 3 is 2.22 bits per heavy atom. The van der Waals surface area contributed by atoms with E-state index < -0.39 is 97.8 Å². The van der Waals surface area contributed by atoms with Gasteiger partial charge in [-0.15, -0.1) is 0 Å². The molecule has 1 aromatic rings. The SMILES string of the molecule is CC[C@@H]1/C=C(\C)C[C@H](C)C[C@H](OC)[C@H]2O[C@@](O)(C(=O)C(=O)N3CCCC[C@H]3C(=O)O[C@H](/C(C)=C/[C@@H]3CC[C@@H](OP(=O)(OC)OCc4ccccc4)[C@H](OC)C3)[C@H](C)C(O)CC1=O)[C@H](C)C[C@@H]2OC. The molecule has 382 valence electrons. The Morgan fingerprint density at radius 1 is 0.897 bits per heavy atom. The fraction of sp³-hybridized carbons (Fsp3) is 0.725. The molecule has 17 heteroatoms. The van der Waals surface area contributed by atoms with Crippen LogP contribution >= 0.6 is 7.82 Å². The van der Waals surface area contributed by atoms with Gasteiger partial charge >= 0.3 is 13.8 Å². The first-order valence-corrected chi connectivity index (χ1v) is 25.9. The summed E-state index contributed by atoms with van der Waals surface area (Å²) in [4.78, 5) is 58.5. The molecule has 2 bridgehead atoms. The van der Waals surface area contributed by atoms with Gasteiger partial charge in [-0.25, -0.2) is 9.36 Å². The van der Waals surface area contributed by atoms with Crippen LogP contribution in [0, 0.1) is 29.6 Å². The van der Waals surface area contributed by atoms with Crippen molar-refractivity contribution in [3.8, 4) is 0 Å². The number of phosphoric ester groups is 1. The second kappa shape index (κ2) is 25.3. The van der Waals surface area contributed by atoms with Gasteiger partial charge in [0.05, 0.1) is 37.1 Å². The Morgan fingerprint density at radius 2 is 1.57 bits per heavy atom. The van der Waals surface area contributed by atoms with Crippen molar-refractivity contribution in [2.45, 2.75) is 173 Å². The lowest BCUT2D eigenvalue weighted by atomic mass is 9.81. The summed E-state index contributed by atoms with van der Waals surface area (Å²) < 4.78 is 60.8. The monoisotopic (exact) mass is 976 g/mol. The highest BCUT2D eigenvalue weighted by atomic mass is 31.2. The van der Waals surface area contributed by atoms with E-state index in [0.717, 1.165) is 11.1 Å². The topological polar surface area (TPSA) is 203 Å². The summed E-state index contributed by atoms with van der Waals surface area (Å²) in [6.07, 6.45) is 2.68. The maximum absolute atomic E-state index is 14.5. The number of nitrogens with zero attached hydrogens (tertiary/aromatic N) is 1. The van der Waals surface area contributed by atoms with Gasteiger partial charge in [0.25, 0.3) is 11.7 Å². The maximum atomic E-state index is 14.5. The number of hydrogen-bond acceptors (Lipinski definition) is 15. The molecule has 68 heavy (non-hydrogen) atoms. The molecule has 0 aromatic heterocycles. The molecule has 1 aromatic carbocycles. The fourth-order valence-electron chi connectivity index (χ4n) is 10.5. The van der Waals surface area contributed by atoms with Crippen LogP contribution in [0.1, 0.15) is 118 Å². The average molecular weight is 976 g/mol. The Kier molecular flexibility index (Phi) is 20.7. The highest BCUT2D eigenvalue weighted by Gasteiger charge is 2.56. The Labute approximate surface area is 403 Å². The van der Waals surface area contributed by atoms with Crippen LogP contribution in [0.3, 0.4) is 0 Å². The number of cyclic esters (lactones) is 1. The molecule has 2 unspecified atom stereocenters. The standard InChI is InChI=1S/C51H78NO15P/c1-11-38-24-31(2)23-32(3)25-44(61-8)47-45(62-9)27-34(5)51(58,66-47)48(55)49(56)52-22-16-15-19-39(52)50(57)65-46(35(6)40(53)29-41(38)54)33(4)26-37-20-21-42(43(28-37)60-7)67-68(59,63-10)64-30-36-17-13-12-14-18-36/h12-14,17-18,24,26,32,34-35,37-40,42-47,53,58H,11,15-16,19-23,25,27-30H2,1-10H3/b31-24+,33-26+/t32-,34+,35+,37-,38+,39-,40?,42+,43+,44-,45-,46+,47+,51+,68?/m0/s1. The quantitative estimate of drug-likeness (QED) is 0.0903. The number of piperidine rings is 1. The van der Waals surface area contributed by atoms with E-state index in [4.69, 9.17) is 37.3 Å². The van der Waals surface area contributed by atoms with Gasteiger partial charge in [-0.05, 0) is 101 Å². The van der Waals surface area contributed by atoms with Crippen molar-refractivity contribution in [3.05, 3.63) is 59.2 Å². The molecule has 3 fully saturated rings. The van der Waals surface area contributed by atoms with Crippen LogP contribution in [0.5, 0.6) is 0 Å². The number of aliphatic hydroxyl groups is 2. The number of rotatable bonds is 12. The first-order valence-electron chi connectivity index (χ1n) is 24.4. The number of aliphatic hydroxyl groups excluding tert-OH is 1. The Bertz CT molecular complexity index is 1960. The lowest BCUT2D eigenvalue weighted by Gasteiger charge is -2.47. The fourth-order valence-corrected chi connectivity index (χ4v) is 11.6. The van der Waals surface area contributed by atoms with E-state index in [1.165, 1.54) is 26.2 Å². The molecule has 15 atom stereocenters. The summed E-state index contributed by atoms with van der Waals surface area (Å²) in [6.45, 7) is 11.2. The van der Waals surface area contributed by atoms with Crippen LogP contribution in [0.4, 0.5) is 0 Å². The minimum Gasteiger partial charge on any atom is -0.456 e. The zero-order valence-corrected chi connectivity index (χ0v) is 42.7. The zero-order chi connectivity index (χ0) is 49.9. The second-order valence-corrected chi connectivity index (χ2v) is 21.3. The molecule has 16 nitrogen and oxygen atoms in total. The number of phosphoric acid groups is 1. The highest BCUT2D eigenvalue weighted by Crippen LogP contribution is 2.52. The lowest BCUT2D eigenvalue weighted by molar-refractivity contribution is -0.302. The zero-order valence-electron chi connectivity index (χ0n) is 41.8. The van der Waals surface area contributed by atoms with Crippen molar-refractivity contribution in [1.29, 1.82) is 0 Å². The molecule has 1 amide bonds. The summed E-state index contributed by atoms with van der Waals surface area (Å²) in [7, 11) is 1.90. The van der Waals surface area contributed by atoms with E-state index in [-0.39, 0.29) is 50.0 Å². The second-order valence-electron chi connectivity index (χ2n) is 19.6. The molecule has 2 N–H and O–H groups in total. The molecule has 3 heterocycles. The van der Waals surface area contributed by atoms with Gasteiger partial charge in [0.2, 0.25) is 5.79 Å². The van der Waals surface area contributed by atoms with Crippen LogP contribution in [0.15, 0.2) is 53.6 Å². The van der Waals surface area contributed by atoms with Crippen molar-refractivity contribution in [2.75, 3.05) is 35.0 Å². The number of benzene rings is 1. The number of ether oxygens (including phenoxy) is 5. The third-order valence-corrected chi connectivity index (χ3v) is 16.0. The van der Waals surface area contributed by atoms with E-state index in [1.807, 2.05) is 63.3 Å². The lowest BCUT2D eigenvalue weighted by Crippen LogP contribution is -2.64. The normalized spacial score (nSPS) is 37.2. The van der Waals surface area contributed by atoms with Crippen LogP contribution in [-0.4, -0.2) is 128 Å². The number of methoxy groups -OCH3 is 3. The summed E-state index contributed by atoms with van der Waals surface area (Å²) in [5, 5.41) is 24.0. The number of hydrogen-bond donors (Lipinski definition) is 2. The Balaban J connectivity index is 1.45. The first kappa shape index (κ1) is 55.8. The minimum atomic E-state index is -3.97. The predicted molar refractivity (Wildman–Crippen MR) is 253 cm³/mol. The molecule has 3 aliphatic heterocycles. The van der Waals surface area contributed by atoms with Gasteiger partial charge in [-0.3, -0.25) is 28.0 Å². The number of carbonyl (C=O) groups is 4. The molecule has 5 rings (SSSR count). The molecular formula is C51H78NO15P. The van der Waals surface area contributed by atoms with E-state index in [1.54, 1.807) is 27.9 Å². The summed E-state index contributed by atoms with van der Waals surface area (Å²) in [5.74, 6) is -7.95.